The highest BCUT2D eigenvalue weighted by molar-refractivity contribution is 6.31. The summed E-state index contributed by atoms with van der Waals surface area (Å²) in [5.41, 5.74) is 4.78. The third-order valence-corrected chi connectivity index (χ3v) is 5.94. The Kier molecular flexibility index (Phi) is 7.25. The summed E-state index contributed by atoms with van der Waals surface area (Å²) < 4.78 is 7.73. The molecule has 0 aliphatic carbocycles. The fraction of sp³-hybridized carbons (Fsp3) is 0.185. The smallest absolute Gasteiger partial charge is 0.255 e. The van der Waals surface area contributed by atoms with Crippen molar-refractivity contribution in [1.29, 1.82) is 0 Å². The number of carbonyl (C=O) groups is 1. The average Bonchev–Trinajstić information content (AvgIpc) is 3.25. The molecular weight excluding hydrogens is 469 g/mol. The van der Waals surface area contributed by atoms with Crippen LogP contribution in [0.1, 0.15) is 28.4 Å². The first kappa shape index (κ1) is 23.9. The molecule has 4 aromatic rings. The lowest BCUT2D eigenvalue weighted by Crippen LogP contribution is -2.37. The fourth-order valence-corrected chi connectivity index (χ4v) is 4.09. The molecule has 34 heavy (non-hydrogen) atoms. The first-order valence-electron chi connectivity index (χ1n) is 10.9. The lowest BCUT2D eigenvalue weighted by atomic mass is 10.1. The van der Waals surface area contributed by atoms with Crippen molar-refractivity contribution < 1.29 is 9.53 Å². The zero-order valence-electron chi connectivity index (χ0n) is 19.2. The number of benzene rings is 3. The van der Waals surface area contributed by atoms with Crippen molar-refractivity contribution in [3.63, 3.8) is 0 Å². The van der Waals surface area contributed by atoms with Crippen LogP contribution in [-0.2, 0) is 0 Å². The molecule has 1 atom stereocenters. The Morgan fingerprint density at radius 1 is 1.00 bits per heavy atom. The number of carbonyl (C=O) groups excluding carboxylic acids is 1. The van der Waals surface area contributed by atoms with Crippen molar-refractivity contribution in [1.82, 2.24) is 15.1 Å². The summed E-state index contributed by atoms with van der Waals surface area (Å²) in [7, 11) is 0. The van der Waals surface area contributed by atoms with Gasteiger partial charge in [-0.1, -0.05) is 59.6 Å². The van der Waals surface area contributed by atoms with Crippen LogP contribution in [0.3, 0.4) is 0 Å². The summed E-state index contributed by atoms with van der Waals surface area (Å²) in [5.74, 6) is 0.607. The molecule has 5 nitrogen and oxygen atoms in total. The molecule has 1 N–H and O–H groups in total. The van der Waals surface area contributed by atoms with Crippen LogP contribution in [0.15, 0.2) is 72.9 Å². The van der Waals surface area contributed by atoms with Crippen LogP contribution in [0.5, 0.6) is 5.75 Å². The van der Waals surface area contributed by atoms with Crippen LogP contribution in [0.25, 0.3) is 16.9 Å². The van der Waals surface area contributed by atoms with Crippen LogP contribution in [0.4, 0.5) is 0 Å². The molecule has 0 fully saturated rings. The highest BCUT2D eigenvalue weighted by atomic mass is 35.5. The van der Waals surface area contributed by atoms with Gasteiger partial charge >= 0.3 is 0 Å². The number of ether oxygens (including phenoxy) is 1. The maximum Gasteiger partial charge on any atom is 0.255 e. The van der Waals surface area contributed by atoms with Gasteiger partial charge in [0, 0.05) is 15.6 Å². The van der Waals surface area contributed by atoms with Gasteiger partial charge in [0.2, 0.25) is 0 Å². The number of nitrogens with zero attached hydrogens (tertiary/aromatic N) is 2. The van der Waals surface area contributed by atoms with E-state index in [1.54, 1.807) is 35.1 Å². The van der Waals surface area contributed by atoms with Crippen LogP contribution >= 0.6 is 23.2 Å². The number of hydrogen-bond acceptors (Lipinski definition) is 3. The van der Waals surface area contributed by atoms with Gasteiger partial charge in [-0.15, -0.1) is 0 Å². The number of amides is 1. The van der Waals surface area contributed by atoms with E-state index in [2.05, 4.69) is 10.4 Å². The predicted molar refractivity (Wildman–Crippen MR) is 137 cm³/mol. The molecular formula is C27H25Cl2N3O2. The lowest BCUT2D eigenvalue weighted by molar-refractivity contribution is 0.0927. The zero-order chi connectivity index (χ0) is 24.2. The Morgan fingerprint density at radius 3 is 2.35 bits per heavy atom. The van der Waals surface area contributed by atoms with Gasteiger partial charge in [-0.3, -0.25) is 4.79 Å². The van der Waals surface area contributed by atoms with Crippen molar-refractivity contribution in [3.05, 3.63) is 99.7 Å². The summed E-state index contributed by atoms with van der Waals surface area (Å²) in [6.45, 7) is 6.27. The highest BCUT2D eigenvalue weighted by Gasteiger charge is 2.22. The van der Waals surface area contributed by atoms with Crippen molar-refractivity contribution in [2.75, 3.05) is 6.61 Å². The van der Waals surface area contributed by atoms with Gasteiger partial charge < -0.3 is 10.1 Å². The Morgan fingerprint density at radius 2 is 1.68 bits per heavy atom. The summed E-state index contributed by atoms with van der Waals surface area (Å²) >= 11 is 12.3. The van der Waals surface area contributed by atoms with Crippen molar-refractivity contribution in [3.8, 4) is 22.7 Å². The molecule has 174 valence electrons. The number of hydrogen-bond donors (Lipinski definition) is 1. The number of aryl methyl sites for hydroxylation is 2. The van der Waals surface area contributed by atoms with E-state index in [0.29, 0.717) is 27.9 Å². The van der Waals surface area contributed by atoms with Crippen molar-refractivity contribution >= 4 is 29.1 Å². The summed E-state index contributed by atoms with van der Waals surface area (Å²) in [4.78, 5) is 13.3. The quantitative estimate of drug-likeness (QED) is 0.313. The van der Waals surface area contributed by atoms with Gasteiger partial charge in [0.1, 0.15) is 12.4 Å². The van der Waals surface area contributed by atoms with Crippen molar-refractivity contribution in [2.45, 2.75) is 26.8 Å². The number of halogens is 2. The minimum atomic E-state index is -0.240. The van der Waals surface area contributed by atoms with Crippen LogP contribution in [-0.4, -0.2) is 28.3 Å². The zero-order valence-corrected chi connectivity index (χ0v) is 20.7. The molecule has 0 aliphatic rings. The molecule has 4 rings (SSSR count). The average molecular weight is 494 g/mol. The molecule has 0 saturated heterocycles. The van der Waals surface area contributed by atoms with Crippen LogP contribution < -0.4 is 10.1 Å². The Labute approximate surface area is 209 Å². The minimum Gasteiger partial charge on any atom is -0.491 e. The van der Waals surface area contributed by atoms with Gasteiger partial charge in [-0.25, -0.2) is 4.68 Å². The van der Waals surface area contributed by atoms with E-state index in [-0.39, 0.29) is 11.9 Å². The molecule has 3 aromatic carbocycles. The number of para-hydroxylation sites is 1. The first-order valence-corrected chi connectivity index (χ1v) is 11.7. The molecule has 1 unspecified atom stereocenters. The molecule has 0 spiro atoms. The molecule has 1 amide bonds. The van der Waals surface area contributed by atoms with E-state index in [1.807, 2.05) is 63.2 Å². The standard InChI is InChI=1S/C27H25Cl2N3O2/c1-17-6-4-7-18(2)26(17)34-16-19(3)31-27(33)24-15-30-32(23-9-5-8-22(29)14-23)25(24)20-10-12-21(28)13-11-20/h4-15,19H,16H2,1-3H3,(H,31,33). The molecule has 1 aromatic heterocycles. The molecule has 0 bridgehead atoms. The second-order valence-electron chi connectivity index (χ2n) is 8.21. The summed E-state index contributed by atoms with van der Waals surface area (Å²) in [6.07, 6.45) is 1.57. The van der Waals surface area contributed by atoms with E-state index < -0.39 is 0 Å². The second-order valence-corrected chi connectivity index (χ2v) is 9.08. The molecule has 7 heteroatoms. The SMILES string of the molecule is Cc1cccc(C)c1OCC(C)NC(=O)c1cnn(-c2cccc(Cl)c2)c1-c1ccc(Cl)cc1. The Hall–Kier alpha value is -3.28. The van der Waals surface area contributed by atoms with Crippen molar-refractivity contribution in [2.24, 2.45) is 0 Å². The number of nitrogens with one attached hydrogen (secondary N) is 1. The monoisotopic (exact) mass is 493 g/mol. The normalized spacial score (nSPS) is 11.8. The van der Waals surface area contributed by atoms with Gasteiger partial charge in [0.25, 0.3) is 5.91 Å². The number of rotatable bonds is 7. The van der Waals surface area contributed by atoms with E-state index in [4.69, 9.17) is 27.9 Å². The van der Waals surface area contributed by atoms with Gasteiger partial charge in [0.05, 0.1) is 29.2 Å². The van der Waals surface area contributed by atoms with Crippen LogP contribution in [0, 0.1) is 13.8 Å². The third-order valence-electron chi connectivity index (χ3n) is 5.45. The Balaban J connectivity index is 1.60. The maximum atomic E-state index is 13.3. The van der Waals surface area contributed by atoms with Gasteiger partial charge in [0.15, 0.2) is 0 Å². The summed E-state index contributed by atoms with van der Waals surface area (Å²) in [5, 5.41) is 8.73. The van der Waals surface area contributed by atoms with E-state index >= 15 is 0 Å². The topological polar surface area (TPSA) is 56.1 Å². The van der Waals surface area contributed by atoms with Gasteiger partial charge in [-0.05, 0) is 62.2 Å². The molecule has 0 radical (unpaired) electrons. The van der Waals surface area contributed by atoms with E-state index in [1.165, 1.54) is 0 Å². The molecule has 0 aliphatic heterocycles. The molecule has 1 heterocycles. The summed E-state index contributed by atoms with van der Waals surface area (Å²) in [6, 6.07) is 20.4. The lowest BCUT2D eigenvalue weighted by Gasteiger charge is -2.18. The second kappa shape index (κ2) is 10.3. The first-order chi connectivity index (χ1) is 16.3. The fourth-order valence-electron chi connectivity index (χ4n) is 3.78. The third kappa shape index (κ3) is 5.27. The van der Waals surface area contributed by atoms with Crippen LogP contribution in [0.2, 0.25) is 10.0 Å². The highest BCUT2D eigenvalue weighted by Crippen LogP contribution is 2.29. The van der Waals surface area contributed by atoms with E-state index in [0.717, 1.165) is 28.1 Å². The molecule has 0 saturated carbocycles. The largest absolute Gasteiger partial charge is 0.491 e. The minimum absolute atomic E-state index is 0.223. The maximum absolute atomic E-state index is 13.3. The number of aromatic nitrogens is 2. The predicted octanol–water partition coefficient (Wildman–Crippen LogP) is 6.66. The van der Waals surface area contributed by atoms with E-state index in [9.17, 15) is 4.79 Å². The van der Waals surface area contributed by atoms with Gasteiger partial charge in [-0.2, -0.15) is 5.10 Å². The Bertz CT molecular complexity index is 1300.